The van der Waals surface area contributed by atoms with Crippen molar-refractivity contribution in [1.82, 2.24) is 31.9 Å². The third-order valence-corrected chi connectivity index (χ3v) is 14.7. The number of aliphatic hydroxyl groups is 1. The maximum absolute atomic E-state index is 14.0. The SMILES string of the molecule is CO[C@H]1/C=C\C=C(\C)C(=O)NC2=CC(=O)C(NCCOCCOCCNC(=O)CCOCCOCCOCCOCCNC(=O)CCCC[C@@H]3SC[C@@H]4NC(=O)N[C@@H]43)=C(C[C@@H](C)C[C@H](OC)[C@H](O)[C@@H](C)/C=C\[C@@H]1OC(N)=O)C2=O. The first-order valence-corrected chi connectivity index (χ1v) is 28.2. The van der Waals surface area contributed by atoms with Gasteiger partial charge in [-0.05, 0) is 44.6 Å². The molecule has 1 aliphatic carbocycles. The third-order valence-electron chi connectivity index (χ3n) is 13.2. The van der Waals surface area contributed by atoms with Gasteiger partial charge in [-0.2, -0.15) is 11.8 Å². The van der Waals surface area contributed by atoms with Crippen molar-refractivity contribution in [2.75, 3.05) is 119 Å². The minimum Gasteiger partial charge on any atom is -0.439 e. The third kappa shape index (κ3) is 25.0. The average molecular weight is 1140 g/mol. The second kappa shape index (κ2) is 37.7. The van der Waals surface area contributed by atoms with Crippen molar-refractivity contribution in [3.8, 4) is 0 Å². The van der Waals surface area contributed by atoms with Gasteiger partial charge in [0.25, 0.3) is 5.91 Å². The van der Waals surface area contributed by atoms with E-state index in [1.807, 2.05) is 18.7 Å². The number of carbonyl (C=O) groups is 7. The first-order chi connectivity index (χ1) is 38.1. The minimum absolute atomic E-state index is 0.00842. The molecule has 4 rings (SSSR count). The summed E-state index contributed by atoms with van der Waals surface area (Å²) in [6.45, 7) is 9.88. The summed E-state index contributed by atoms with van der Waals surface area (Å²) in [4.78, 5) is 88.4. The van der Waals surface area contributed by atoms with Crippen LogP contribution in [0.15, 0.2) is 59.0 Å². The maximum atomic E-state index is 14.0. The number of carbonyl (C=O) groups excluding carboxylic acids is 7. The van der Waals surface area contributed by atoms with Crippen LogP contribution in [-0.4, -0.2) is 207 Å². The smallest absolute Gasteiger partial charge is 0.405 e. The molecule has 0 saturated carbocycles. The van der Waals surface area contributed by atoms with Crippen LogP contribution < -0.4 is 37.6 Å². The summed E-state index contributed by atoms with van der Waals surface area (Å²) in [7, 11) is 2.87. The molecule has 0 unspecified atom stereocenters. The lowest BCUT2D eigenvalue weighted by atomic mass is 9.85. The number of aliphatic hydroxyl groups excluding tert-OH is 1. The number of methoxy groups -OCH3 is 2. The van der Waals surface area contributed by atoms with E-state index < -0.39 is 53.9 Å². The fourth-order valence-electron chi connectivity index (χ4n) is 8.87. The highest BCUT2D eigenvalue weighted by Gasteiger charge is 2.42. The molecule has 9 N–H and O–H groups in total. The van der Waals surface area contributed by atoms with Gasteiger partial charge in [-0.25, -0.2) is 9.59 Å². The number of unbranched alkanes of at least 4 members (excludes halogenated alkanes) is 1. The Morgan fingerprint density at radius 3 is 1.97 bits per heavy atom. The average Bonchev–Trinajstić information content (AvgIpc) is 4.09. The van der Waals surface area contributed by atoms with Crippen molar-refractivity contribution in [2.24, 2.45) is 17.6 Å². The highest BCUT2D eigenvalue weighted by atomic mass is 32.2. The van der Waals surface area contributed by atoms with Crippen molar-refractivity contribution in [2.45, 2.75) is 107 Å². The Labute approximate surface area is 467 Å². The first-order valence-electron chi connectivity index (χ1n) is 27.1. The molecule has 24 nitrogen and oxygen atoms in total. The number of Topliss-reactive ketones (excluding diaryl/α,β-unsaturated/α-hetero) is 1. The summed E-state index contributed by atoms with van der Waals surface area (Å²) < 4.78 is 49.8. The summed E-state index contributed by atoms with van der Waals surface area (Å²) in [5.74, 6) is -1.69. The molecular weight excluding hydrogens is 1050 g/mol. The zero-order valence-corrected chi connectivity index (χ0v) is 47.2. The summed E-state index contributed by atoms with van der Waals surface area (Å²) >= 11 is 1.88. The zero-order chi connectivity index (χ0) is 57.4. The van der Waals surface area contributed by atoms with E-state index in [9.17, 15) is 38.7 Å². The Morgan fingerprint density at radius 1 is 0.747 bits per heavy atom. The van der Waals surface area contributed by atoms with Crippen molar-refractivity contribution in [3.63, 3.8) is 0 Å². The monoisotopic (exact) mass is 1140 g/mol. The van der Waals surface area contributed by atoms with Gasteiger partial charge in [0.05, 0.1) is 115 Å². The number of hydrogen-bond donors (Lipinski definition) is 8. The molecule has 3 aliphatic heterocycles. The van der Waals surface area contributed by atoms with Gasteiger partial charge in [0, 0.05) is 80.8 Å². The molecule has 9 atom stereocenters. The van der Waals surface area contributed by atoms with Crippen LogP contribution in [0.5, 0.6) is 0 Å². The number of fused-ring (bicyclic) bond motifs is 3. The second-order valence-electron chi connectivity index (χ2n) is 19.4. The van der Waals surface area contributed by atoms with E-state index in [-0.39, 0.29) is 111 Å². The van der Waals surface area contributed by atoms with Crippen LogP contribution >= 0.6 is 11.8 Å². The molecule has 2 fully saturated rings. The molecule has 2 saturated heterocycles. The van der Waals surface area contributed by atoms with E-state index >= 15 is 0 Å². The van der Waals surface area contributed by atoms with Crippen molar-refractivity contribution in [3.05, 3.63) is 59.0 Å². The van der Waals surface area contributed by atoms with Crippen molar-refractivity contribution in [1.29, 1.82) is 0 Å². The van der Waals surface area contributed by atoms with Crippen LogP contribution in [-0.2, 0) is 66.6 Å². The number of allylic oxidation sites excluding steroid dienone is 4. The molecule has 25 heteroatoms. The van der Waals surface area contributed by atoms with E-state index in [0.717, 1.165) is 31.1 Å². The van der Waals surface area contributed by atoms with Gasteiger partial charge in [-0.3, -0.25) is 24.0 Å². The highest BCUT2D eigenvalue weighted by molar-refractivity contribution is 8.00. The number of amides is 6. The van der Waals surface area contributed by atoms with Gasteiger partial charge >= 0.3 is 12.1 Å². The Balaban J connectivity index is 1.02. The van der Waals surface area contributed by atoms with Gasteiger partial charge in [0.15, 0.2) is 6.10 Å². The maximum Gasteiger partial charge on any atom is 0.405 e. The lowest BCUT2D eigenvalue weighted by Gasteiger charge is -2.29. The van der Waals surface area contributed by atoms with Crippen molar-refractivity contribution >= 4 is 53.2 Å². The lowest BCUT2D eigenvalue weighted by molar-refractivity contribution is -0.123. The van der Waals surface area contributed by atoms with Gasteiger partial charge in [0.2, 0.25) is 23.4 Å². The van der Waals surface area contributed by atoms with E-state index in [1.165, 1.54) is 33.3 Å². The molecule has 0 spiro atoms. The normalized spacial score (nSPS) is 26.2. The van der Waals surface area contributed by atoms with Crippen LogP contribution in [0.2, 0.25) is 0 Å². The predicted molar refractivity (Wildman–Crippen MR) is 292 cm³/mol. The minimum atomic E-state index is -1.03. The van der Waals surface area contributed by atoms with Gasteiger partial charge in [0.1, 0.15) is 6.10 Å². The molecule has 79 heavy (non-hydrogen) atoms. The first kappa shape index (κ1) is 66.3. The number of ether oxygens (including phenoxy) is 9. The van der Waals surface area contributed by atoms with Crippen LogP contribution in [0, 0.1) is 11.8 Å². The molecule has 3 heterocycles. The molecule has 0 aromatic rings. The topological polar surface area (TPSA) is 321 Å². The number of ketones is 2. The van der Waals surface area contributed by atoms with Crippen LogP contribution in [0.4, 0.5) is 9.59 Å². The predicted octanol–water partition coefficient (Wildman–Crippen LogP) is 1.41. The Bertz CT molecular complexity index is 2120. The summed E-state index contributed by atoms with van der Waals surface area (Å²) in [6.07, 6.45) is 8.12. The van der Waals surface area contributed by atoms with Crippen LogP contribution in [0.3, 0.4) is 0 Å². The molecule has 2 bridgehead atoms. The lowest BCUT2D eigenvalue weighted by Crippen LogP contribution is -2.38. The van der Waals surface area contributed by atoms with Crippen LogP contribution in [0.1, 0.15) is 65.7 Å². The zero-order valence-electron chi connectivity index (χ0n) is 46.4. The summed E-state index contributed by atoms with van der Waals surface area (Å²) in [5.41, 5.74) is 5.60. The number of nitrogens with two attached hydrogens (primary N) is 1. The van der Waals surface area contributed by atoms with E-state index in [2.05, 4.69) is 31.9 Å². The molecule has 0 radical (unpaired) electrons. The fraction of sp³-hybridized carbons (Fsp3) is 0.685. The molecule has 0 aromatic heterocycles. The number of rotatable bonds is 33. The number of thioether (sulfide) groups is 1. The molecule has 6 amide bonds. The van der Waals surface area contributed by atoms with Crippen molar-refractivity contribution < 1.29 is 81.3 Å². The van der Waals surface area contributed by atoms with Crippen LogP contribution in [0.25, 0.3) is 0 Å². The second-order valence-corrected chi connectivity index (χ2v) is 20.6. The standard InChI is InChI=1S/C54H85N7O17S/c1-35-31-38-48(41(62)33-39(51(38)66)59-52(67)37(3)9-8-10-42(70-4)43(78-53(55)68)14-13-36(2)50(65)44(32-35)71-5)58-18-22-75-25-24-73-21-17-57-47(64)15-19-72-23-27-76-29-30-77-28-26-74-20-16-56-46(63)12-7-6-11-45-49-40(34-79-45)60-54(69)61-49/h8-10,13-14,33,35-36,40,42-45,49-50,58,65H,6-7,11-12,15-32,34H2,1-5H3,(H2,55,68)(H,56,63)(H,57,64)(H,59,67)(H2,60,61,69)/b10-8-,14-13-,37-9-/t35-,36+,40+,42+,43+,44+,45+,49+,50-/m1/s1. The number of hydrogen-bond acceptors (Lipinski definition) is 19. The van der Waals surface area contributed by atoms with E-state index in [1.54, 1.807) is 25.2 Å². The van der Waals surface area contributed by atoms with Gasteiger partial charge in [-0.1, -0.05) is 44.6 Å². The van der Waals surface area contributed by atoms with E-state index in [4.69, 9.17) is 48.4 Å². The largest absolute Gasteiger partial charge is 0.439 e. The fourth-order valence-corrected chi connectivity index (χ4v) is 10.4. The highest BCUT2D eigenvalue weighted by Crippen LogP contribution is 2.33. The quantitative estimate of drug-likeness (QED) is 0.0199. The Hall–Kier alpha value is -5.22. The summed E-state index contributed by atoms with van der Waals surface area (Å²) in [6, 6.07) is 0.329. The van der Waals surface area contributed by atoms with Gasteiger partial charge < -0.3 is 85.4 Å². The Kier molecular flexibility index (Phi) is 31.6. The molecule has 4 aliphatic rings. The number of nitrogens with one attached hydrogen (secondary N) is 6. The van der Waals surface area contributed by atoms with E-state index in [0.29, 0.717) is 77.4 Å². The van der Waals surface area contributed by atoms with Gasteiger partial charge in [-0.15, -0.1) is 0 Å². The summed E-state index contributed by atoms with van der Waals surface area (Å²) in [5, 5.41) is 29.0. The number of primary amides is 1. The molecular formula is C54H85N7O17S. The molecule has 0 aromatic carbocycles. The Morgan fingerprint density at radius 2 is 1.35 bits per heavy atom. The molecule has 444 valence electrons. The number of urea groups is 1.